The van der Waals surface area contributed by atoms with Gasteiger partial charge in [-0.15, -0.1) is 0 Å². The maximum absolute atomic E-state index is 13.2. The van der Waals surface area contributed by atoms with Gasteiger partial charge in [-0.1, -0.05) is 42.5 Å². The molecule has 1 saturated heterocycles. The van der Waals surface area contributed by atoms with Crippen molar-refractivity contribution in [1.82, 2.24) is 10.6 Å². The average Bonchev–Trinajstić information content (AvgIpc) is 2.50. The first kappa shape index (κ1) is 13.8. The van der Waals surface area contributed by atoms with Crippen LogP contribution in [0.3, 0.4) is 0 Å². The molecule has 1 heterocycles. The van der Waals surface area contributed by atoms with Crippen LogP contribution in [0, 0.1) is 5.82 Å². The Morgan fingerprint density at radius 2 is 1.90 bits per heavy atom. The number of rotatable bonds is 3. The normalized spacial score (nSPS) is 21.9. The molecule has 1 aliphatic heterocycles. The van der Waals surface area contributed by atoms with Crippen LogP contribution in [0.25, 0.3) is 0 Å². The molecule has 2 N–H and O–H groups in total. The summed E-state index contributed by atoms with van der Waals surface area (Å²) in [6.45, 7) is 0.572. The highest BCUT2D eigenvalue weighted by Gasteiger charge is 2.28. The molecule has 2 aromatic rings. The Balaban J connectivity index is 1.73. The molecule has 21 heavy (non-hydrogen) atoms. The molecule has 0 spiro atoms. The number of carbonyl (C=O) groups is 1. The highest BCUT2D eigenvalue weighted by Crippen LogP contribution is 2.17. The maximum atomic E-state index is 13.2. The number of halogens is 1. The van der Waals surface area contributed by atoms with E-state index in [0.717, 1.165) is 11.1 Å². The Morgan fingerprint density at radius 3 is 2.67 bits per heavy atom. The number of carbonyl (C=O) groups excluding carboxylic acids is 1. The molecule has 2 aromatic carbocycles. The molecule has 0 aliphatic carbocycles. The lowest BCUT2D eigenvalue weighted by Gasteiger charge is -2.31. The summed E-state index contributed by atoms with van der Waals surface area (Å²) < 4.78 is 13.2. The summed E-state index contributed by atoms with van der Waals surface area (Å²) in [4.78, 5) is 12.0. The van der Waals surface area contributed by atoms with Gasteiger partial charge in [0.1, 0.15) is 5.82 Å². The van der Waals surface area contributed by atoms with E-state index in [0.29, 0.717) is 13.0 Å². The molecule has 1 amide bonds. The van der Waals surface area contributed by atoms with Crippen LogP contribution >= 0.6 is 0 Å². The molecular formula is C17H17FN2O. The Hall–Kier alpha value is -2.20. The number of nitrogens with one attached hydrogen (secondary N) is 2. The molecule has 4 heteroatoms. The third-order valence-corrected chi connectivity index (χ3v) is 3.73. The van der Waals surface area contributed by atoms with E-state index in [1.807, 2.05) is 36.4 Å². The SMILES string of the molecule is O=C1NCC(c2ccccc2)NC1Cc1cccc(F)c1. The number of piperazine rings is 1. The van der Waals surface area contributed by atoms with Crippen LogP contribution in [-0.2, 0) is 11.2 Å². The van der Waals surface area contributed by atoms with Gasteiger partial charge in [-0.3, -0.25) is 10.1 Å². The maximum Gasteiger partial charge on any atom is 0.237 e. The van der Waals surface area contributed by atoms with Gasteiger partial charge in [0, 0.05) is 6.54 Å². The molecule has 0 bridgehead atoms. The lowest BCUT2D eigenvalue weighted by Crippen LogP contribution is -2.55. The lowest BCUT2D eigenvalue weighted by molar-refractivity contribution is -0.125. The number of benzene rings is 2. The highest BCUT2D eigenvalue weighted by molar-refractivity contribution is 5.83. The van der Waals surface area contributed by atoms with Crippen LogP contribution in [0.5, 0.6) is 0 Å². The van der Waals surface area contributed by atoms with Crippen molar-refractivity contribution in [2.45, 2.75) is 18.5 Å². The van der Waals surface area contributed by atoms with Crippen LogP contribution in [0.2, 0.25) is 0 Å². The molecule has 0 radical (unpaired) electrons. The molecule has 2 unspecified atom stereocenters. The number of amides is 1. The van der Waals surface area contributed by atoms with E-state index in [9.17, 15) is 9.18 Å². The van der Waals surface area contributed by atoms with Gasteiger partial charge in [-0.2, -0.15) is 0 Å². The van der Waals surface area contributed by atoms with Crippen molar-refractivity contribution < 1.29 is 9.18 Å². The molecule has 0 aromatic heterocycles. The summed E-state index contributed by atoms with van der Waals surface area (Å²) in [5, 5.41) is 6.27. The minimum atomic E-state index is -0.342. The van der Waals surface area contributed by atoms with E-state index in [4.69, 9.17) is 0 Å². The number of hydrogen-bond donors (Lipinski definition) is 2. The minimum absolute atomic E-state index is 0.0357. The van der Waals surface area contributed by atoms with Gasteiger partial charge >= 0.3 is 0 Å². The van der Waals surface area contributed by atoms with E-state index < -0.39 is 0 Å². The smallest absolute Gasteiger partial charge is 0.237 e. The third-order valence-electron chi connectivity index (χ3n) is 3.73. The Morgan fingerprint density at radius 1 is 1.10 bits per heavy atom. The predicted molar refractivity (Wildman–Crippen MR) is 79.2 cm³/mol. The van der Waals surface area contributed by atoms with Crippen LogP contribution in [0.4, 0.5) is 4.39 Å². The van der Waals surface area contributed by atoms with Crippen LogP contribution in [-0.4, -0.2) is 18.5 Å². The molecule has 3 rings (SSSR count). The molecule has 108 valence electrons. The van der Waals surface area contributed by atoms with E-state index in [2.05, 4.69) is 10.6 Å². The lowest BCUT2D eigenvalue weighted by atomic mass is 9.98. The topological polar surface area (TPSA) is 41.1 Å². The van der Waals surface area contributed by atoms with Crippen LogP contribution in [0.15, 0.2) is 54.6 Å². The summed E-state index contributed by atoms with van der Waals surface area (Å²) in [5.41, 5.74) is 1.96. The summed E-state index contributed by atoms with van der Waals surface area (Å²) in [5.74, 6) is -0.310. The summed E-state index contributed by atoms with van der Waals surface area (Å²) in [6.07, 6.45) is 0.479. The fraction of sp³-hybridized carbons (Fsp3) is 0.235. The molecular weight excluding hydrogens is 267 g/mol. The van der Waals surface area contributed by atoms with Crippen molar-refractivity contribution in [3.8, 4) is 0 Å². The third kappa shape index (κ3) is 3.28. The van der Waals surface area contributed by atoms with Crippen LogP contribution in [0.1, 0.15) is 17.2 Å². The Bertz CT molecular complexity index is 630. The highest BCUT2D eigenvalue weighted by atomic mass is 19.1. The molecule has 2 atom stereocenters. The zero-order valence-electron chi connectivity index (χ0n) is 11.6. The number of hydrogen-bond acceptors (Lipinski definition) is 2. The standard InChI is InChI=1S/C17H17FN2O/c18-14-8-4-5-12(9-14)10-15-17(21)19-11-16(20-15)13-6-2-1-3-7-13/h1-9,15-16,20H,10-11H2,(H,19,21). The van der Waals surface area contributed by atoms with E-state index in [1.54, 1.807) is 6.07 Å². The quantitative estimate of drug-likeness (QED) is 0.907. The molecule has 3 nitrogen and oxygen atoms in total. The predicted octanol–water partition coefficient (Wildman–Crippen LogP) is 2.20. The fourth-order valence-corrected chi connectivity index (χ4v) is 2.65. The second-order valence-electron chi connectivity index (χ2n) is 5.26. The second-order valence-corrected chi connectivity index (χ2v) is 5.26. The van der Waals surface area contributed by atoms with Crippen molar-refractivity contribution in [3.63, 3.8) is 0 Å². The largest absolute Gasteiger partial charge is 0.353 e. The zero-order chi connectivity index (χ0) is 14.7. The van der Waals surface area contributed by atoms with Crippen molar-refractivity contribution in [1.29, 1.82) is 0 Å². The van der Waals surface area contributed by atoms with Gasteiger partial charge in [0.2, 0.25) is 5.91 Å². The average molecular weight is 284 g/mol. The van der Waals surface area contributed by atoms with Gasteiger partial charge in [0.15, 0.2) is 0 Å². The summed E-state index contributed by atoms with van der Waals surface area (Å²) in [6, 6.07) is 16.1. The van der Waals surface area contributed by atoms with E-state index >= 15 is 0 Å². The van der Waals surface area contributed by atoms with Crippen LogP contribution < -0.4 is 10.6 Å². The van der Waals surface area contributed by atoms with Crippen molar-refractivity contribution >= 4 is 5.91 Å². The Kier molecular flexibility index (Phi) is 3.97. The van der Waals surface area contributed by atoms with Crippen molar-refractivity contribution in [2.75, 3.05) is 6.54 Å². The minimum Gasteiger partial charge on any atom is -0.353 e. The fourth-order valence-electron chi connectivity index (χ4n) is 2.65. The van der Waals surface area contributed by atoms with E-state index in [-0.39, 0.29) is 23.8 Å². The Labute approximate surface area is 123 Å². The molecule has 0 saturated carbocycles. The first-order valence-electron chi connectivity index (χ1n) is 7.05. The van der Waals surface area contributed by atoms with Gasteiger partial charge in [0.05, 0.1) is 12.1 Å². The van der Waals surface area contributed by atoms with Gasteiger partial charge in [-0.25, -0.2) is 4.39 Å². The molecule has 1 fully saturated rings. The summed E-state index contributed by atoms with van der Waals surface area (Å²) >= 11 is 0. The summed E-state index contributed by atoms with van der Waals surface area (Å²) in [7, 11) is 0. The second kappa shape index (κ2) is 6.06. The van der Waals surface area contributed by atoms with Gasteiger partial charge in [0.25, 0.3) is 0 Å². The van der Waals surface area contributed by atoms with E-state index in [1.165, 1.54) is 12.1 Å². The van der Waals surface area contributed by atoms with Crippen molar-refractivity contribution in [3.05, 3.63) is 71.5 Å². The first-order chi connectivity index (χ1) is 10.2. The zero-order valence-corrected chi connectivity index (χ0v) is 11.6. The van der Waals surface area contributed by atoms with Crippen molar-refractivity contribution in [2.24, 2.45) is 0 Å². The monoisotopic (exact) mass is 284 g/mol. The molecule has 1 aliphatic rings. The van der Waals surface area contributed by atoms with Gasteiger partial charge in [-0.05, 0) is 29.7 Å². The van der Waals surface area contributed by atoms with Gasteiger partial charge < -0.3 is 5.32 Å². The first-order valence-corrected chi connectivity index (χ1v) is 7.05.